The number of benzene rings is 9. The Hall–Kier alpha value is -8.25. The molecule has 3 heterocycles. The monoisotopic (exact) mass is 807 g/mol. The van der Waals surface area contributed by atoms with E-state index in [1.165, 1.54) is 65.6 Å². The first-order valence-electron chi connectivity index (χ1n) is 21.4. The number of H-pyrrole nitrogens is 1. The largest absolute Gasteiger partial charge is 0.346 e. The van der Waals surface area contributed by atoms with Crippen molar-refractivity contribution >= 4 is 54.4 Å². The minimum Gasteiger partial charge on any atom is -0.346 e. The van der Waals surface area contributed by atoms with Crippen LogP contribution in [0.5, 0.6) is 0 Å². The highest BCUT2D eigenvalue weighted by molar-refractivity contribution is 6.12. The molecule has 63 heavy (non-hydrogen) atoms. The molecule has 12 rings (SSSR count). The number of aromatic amines is 1. The molecule has 0 bridgehead atoms. The normalized spacial score (nSPS) is 12.6. The molecule has 9 aromatic carbocycles. The Morgan fingerprint density at radius 1 is 0.381 bits per heavy atom. The number of aromatic nitrogens is 3. The van der Waals surface area contributed by atoms with Gasteiger partial charge in [0.15, 0.2) is 0 Å². The van der Waals surface area contributed by atoms with Gasteiger partial charge in [0.25, 0.3) is 0 Å². The molecular weight excluding hydrogens is 767 g/mol. The van der Waals surface area contributed by atoms with Gasteiger partial charge in [0.1, 0.15) is 11.7 Å². The zero-order valence-electron chi connectivity index (χ0n) is 34.4. The van der Waals surface area contributed by atoms with Crippen molar-refractivity contribution in [2.24, 2.45) is 10.7 Å². The number of hydrogen-bond donors (Lipinski definition) is 2. The van der Waals surface area contributed by atoms with Crippen LogP contribution in [-0.2, 0) is 0 Å². The lowest BCUT2D eigenvalue weighted by Crippen LogP contribution is -2.17. The van der Waals surface area contributed by atoms with Gasteiger partial charge in [-0.3, -0.25) is 0 Å². The quantitative estimate of drug-likeness (QED) is 0.165. The van der Waals surface area contributed by atoms with Crippen molar-refractivity contribution in [3.8, 4) is 44.8 Å². The van der Waals surface area contributed by atoms with Crippen LogP contribution in [0.15, 0.2) is 230 Å². The van der Waals surface area contributed by atoms with E-state index in [0.29, 0.717) is 0 Å². The molecule has 0 aliphatic rings. The predicted molar refractivity (Wildman–Crippen MR) is 262 cm³/mol. The van der Waals surface area contributed by atoms with Crippen LogP contribution in [0.2, 0.25) is 0 Å². The molecule has 0 radical (unpaired) electrons. The Morgan fingerprint density at radius 3 is 1.52 bits per heavy atom. The van der Waals surface area contributed by atoms with Crippen molar-refractivity contribution in [3.05, 3.63) is 236 Å². The van der Waals surface area contributed by atoms with Crippen molar-refractivity contribution in [2.75, 3.05) is 0 Å². The summed E-state index contributed by atoms with van der Waals surface area (Å²) in [7, 11) is 0. The van der Waals surface area contributed by atoms with Gasteiger partial charge in [0, 0.05) is 44.7 Å². The number of para-hydroxylation sites is 3. The number of hydrogen-bond acceptors (Lipinski definition) is 2. The number of rotatable bonds is 7. The van der Waals surface area contributed by atoms with E-state index in [0.717, 1.165) is 44.6 Å². The summed E-state index contributed by atoms with van der Waals surface area (Å²) in [5.74, 6) is 0. The molecule has 5 heteroatoms. The van der Waals surface area contributed by atoms with Gasteiger partial charge in [-0.1, -0.05) is 146 Å². The summed E-state index contributed by atoms with van der Waals surface area (Å²) < 4.78 is 4.71. The van der Waals surface area contributed by atoms with Crippen LogP contribution in [-0.4, -0.2) is 14.1 Å². The molecule has 3 N–H and O–H groups in total. The first-order valence-corrected chi connectivity index (χ1v) is 21.4. The second-order valence-electron chi connectivity index (χ2n) is 16.2. The average molecular weight is 808 g/mol. The average Bonchev–Trinajstić information content (AvgIpc) is 3.86. The fraction of sp³-hybridized carbons (Fsp3) is 0.0172. The van der Waals surface area contributed by atoms with Crippen molar-refractivity contribution in [3.63, 3.8) is 0 Å². The molecule has 0 spiro atoms. The van der Waals surface area contributed by atoms with E-state index >= 15 is 0 Å². The van der Waals surface area contributed by atoms with E-state index in [9.17, 15) is 0 Å². The van der Waals surface area contributed by atoms with Crippen LogP contribution in [0.25, 0.3) is 99.1 Å². The Balaban J connectivity index is 0.869. The molecule has 1 atom stereocenters. The lowest BCUT2D eigenvalue weighted by molar-refractivity contribution is 0.739. The summed E-state index contributed by atoms with van der Waals surface area (Å²) >= 11 is 0. The predicted octanol–water partition coefficient (Wildman–Crippen LogP) is 13.9. The van der Waals surface area contributed by atoms with Gasteiger partial charge in [0.2, 0.25) is 0 Å². The number of nitrogens with two attached hydrogens (primary N) is 1. The summed E-state index contributed by atoms with van der Waals surface area (Å²) in [5.41, 5.74) is 22.3. The summed E-state index contributed by atoms with van der Waals surface area (Å²) in [5, 5.41) is 7.39. The molecular formula is C58H41N5. The van der Waals surface area contributed by atoms with E-state index in [1.807, 2.05) is 12.3 Å². The maximum atomic E-state index is 6.85. The third-order valence-electron chi connectivity index (χ3n) is 12.6. The van der Waals surface area contributed by atoms with Gasteiger partial charge in [-0.05, 0) is 117 Å². The van der Waals surface area contributed by atoms with Crippen molar-refractivity contribution in [2.45, 2.75) is 6.17 Å². The highest BCUT2D eigenvalue weighted by Gasteiger charge is 2.17. The number of nitrogens with zero attached hydrogens (tertiary/aromatic N) is 3. The van der Waals surface area contributed by atoms with Gasteiger partial charge in [-0.2, -0.15) is 0 Å². The second kappa shape index (κ2) is 15.0. The lowest BCUT2D eigenvalue weighted by Gasteiger charge is -2.12. The summed E-state index contributed by atoms with van der Waals surface area (Å²) in [6.45, 7) is 0. The first-order chi connectivity index (χ1) is 31.2. The molecule has 0 amide bonds. The summed E-state index contributed by atoms with van der Waals surface area (Å²) in [6.07, 6.45) is 1.34. The second-order valence-corrected chi connectivity index (χ2v) is 16.2. The lowest BCUT2D eigenvalue weighted by atomic mass is 9.96. The molecule has 5 nitrogen and oxygen atoms in total. The number of fused-ring (bicyclic) bond motifs is 7. The molecule has 1 unspecified atom stereocenters. The molecule has 0 saturated carbocycles. The van der Waals surface area contributed by atoms with Crippen LogP contribution in [0.3, 0.4) is 0 Å². The third-order valence-corrected chi connectivity index (χ3v) is 12.6. The number of pyridine rings is 1. The van der Waals surface area contributed by atoms with Crippen molar-refractivity contribution < 1.29 is 0 Å². The zero-order chi connectivity index (χ0) is 41.9. The maximum absolute atomic E-state index is 6.85. The molecule has 3 aromatic heterocycles. The highest BCUT2D eigenvalue weighted by atomic mass is 15.0. The van der Waals surface area contributed by atoms with Crippen LogP contribution < -0.4 is 11.2 Å². The standard InChI is InChI=1S/C58H41N5/c59-57(61-58-48(20-11-35-60-58)40-25-23-39(24-26-40)47-19-10-13-38-12-4-5-16-46(38)47)41-27-31-45(32-28-41)63-54-22-9-7-18-50(54)52-37-43(30-34-56(52)63)42-29-33-55-51(36-42)49-17-6-8-21-53(49)62(55)44-14-2-1-3-15-44/h1-37,57H,59H2,(H,60,61). The van der Waals surface area contributed by atoms with Crippen molar-refractivity contribution in [1.29, 1.82) is 0 Å². The van der Waals surface area contributed by atoms with E-state index in [4.69, 9.17) is 10.7 Å². The minimum absolute atomic E-state index is 0.564. The van der Waals surface area contributed by atoms with E-state index in [1.54, 1.807) is 0 Å². The zero-order valence-corrected chi connectivity index (χ0v) is 34.4. The van der Waals surface area contributed by atoms with Crippen LogP contribution in [0.4, 0.5) is 0 Å². The van der Waals surface area contributed by atoms with Crippen LogP contribution >= 0.6 is 0 Å². The van der Waals surface area contributed by atoms with E-state index in [-0.39, 0.29) is 0 Å². The Kier molecular flexibility index (Phi) is 8.73. The van der Waals surface area contributed by atoms with E-state index in [2.05, 4.69) is 226 Å². The maximum Gasteiger partial charge on any atom is 0.134 e. The summed E-state index contributed by atoms with van der Waals surface area (Å²) in [4.78, 5) is 8.39. The van der Waals surface area contributed by atoms with E-state index < -0.39 is 6.17 Å². The Bertz CT molecular complexity index is 3740. The Labute approximate surface area is 364 Å². The van der Waals surface area contributed by atoms with Gasteiger partial charge in [-0.15, -0.1) is 0 Å². The number of nitrogens with one attached hydrogen (secondary N) is 1. The van der Waals surface area contributed by atoms with Crippen molar-refractivity contribution in [1.82, 2.24) is 14.1 Å². The van der Waals surface area contributed by atoms with Gasteiger partial charge < -0.3 is 19.9 Å². The molecule has 0 saturated heterocycles. The third kappa shape index (κ3) is 6.25. The van der Waals surface area contributed by atoms with Gasteiger partial charge >= 0.3 is 0 Å². The minimum atomic E-state index is -0.564. The van der Waals surface area contributed by atoms with Crippen LogP contribution in [0.1, 0.15) is 11.7 Å². The first kappa shape index (κ1) is 36.6. The van der Waals surface area contributed by atoms with Gasteiger partial charge in [-0.25, -0.2) is 4.99 Å². The smallest absolute Gasteiger partial charge is 0.134 e. The highest BCUT2D eigenvalue weighted by Crippen LogP contribution is 2.38. The molecule has 0 fully saturated rings. The van der Waals surface area contributed by atoms with Crippen LogP contribution in [0, 0.1) is 0 Å². The van der Waals surface area contributed by atoms with Gasteiger partial charge in [0.05, 0.1) is 22.1 Å². The topological polar surface area (TPSA) is 64.0 Å². The molecule has 0 aliphatic heterocycles. The Morgan fingerprint density at radius 2 is 0.873 bits per heavy atom. The molecule has 0 aliphatic carbocycles. The molecule has 298 valence electrons. The fourth-order valence-corrected chi connectivity index (χ4v) is 9.55. The SMILES string of the molecule is NC(/N=c1\[nH]cccc1-c1ccc(-c2cccc3ccccc23)cc1)c1ccc(-n2c3ccccc3c3cc(-c4ccc5c(c4)c4ccccc4n5-c4ccccc4)ccc32)cc1. The summed E-state index contributed by atoms with van der Waals surface area (Å²) in [6, 6.07) is 78.0. The molecule has 12 aromatic rings. The fourth-order valence-electron chi connectivity index (χ4n) is 9.55.